The number of hydrogen-bond acceptors (Lipinski definition) is 3. The summed E-state index contributed by atoms with van der Waals surface area (Å²) in [4.78, 5) is 0. The van der Waals surface area contributed by atoms with Crippen molar-refractivity contribution >= 4 is 0 Å². The van der Waals surface area contributed by atoms with Crippen LogP contribution in [0.5, 0.6) is 5.75 Å². The molecule has 2 fully saturated rings. The minimum absolute atomic E-state index is 0.213. The van der Waals surface area contributed by atoms with E-state index in [1.54, 1.807) is 0 Å². The Balaban J connectivity index is 1.55. The van der Waals surface area contributed by atoms with Crippen molar-refractivity contribution in [2.45, 2.75) is 43.7 Å². The predicted molar refractivity (Wildman–Crippen MR) is 80.0 cm³/mol. The van der Waals surface area contributed by atoms with Crippen LogP contribution in [0, 0.1) is 5.92 Å². The summed E-state index contributed by atoms with van der Waals surface area (Å²) in [6, 6.07) is 10.5. The maximum Gasteiger partial charge on any atom is 0.119 e. The second-order valence-electron chi connectivity index (χ2n) is 6.16. The van der Waals surface area contributed by atoms with Gasteiger partial charge in [-0.15, -0.1) is 0 Å². The molecule has 1 saturated carbocycles. The molecular weight excluding hydrogens is 250 g/mol. The first kappa shape index (κ1) is 13.9. The van der Waals surface area contributed by atoms with Gasteiger partial charge in [0.25, 0.3) is 0 Å². The zero-order valence-electron chi connectivity index (χ0n) is 12.3. The van der Waals surface area contributed by atoms with Gasteiger partial charge in [-0.2, -0.15) is 0 Å². The molecule has 20 heavy (non-hydrogen) atoms. The van der Waals surface area contributed by atoms with Crippen LogP contribution in [-0.2, 0) is 4.74 Å². The highest BCUT2D eigenvalue weighted by atomic mass is 16.5. The molecule has 1 saturated heterocycles. The Morgan fingerprint density at radius 3 is 2.80 bits per heavy atom. The highest BCUT2D eigenvalue weighted by Crippen LogP contribution is 2.44. The number of benzene rings is 1. The van der Waals surface area contributed by atoms with Crippen molar-refractivity contribution in [3.05, 3.63) is 30.3 Å². The Bertz CT molecular complexity index is 416. The normalized spacial score (nSPS) is 25.9. The molecule has 1 aromatic rings. The first-order valence-corrected chi connectivity index (χ1v) is 7.80. The third-order valence-corrected chi connectivity index (χ3v) is 4.91. The van der Waals surface area contributed by atoms with Crippen LogP contribution in [0.15, 0.2) is 30.3 Å². The van der Waals surface area contributed by atoms with E-state index in [0.717, 1.165) is 25.4 Å². The molecule has 1 heterocycles. The van der Waals surface area contributed by atoms with Crippen LogP contribution in [0.2, 0.25) is 0 Å². The molecule has 2 aliphatic rings. The van der Waals surface area contributed by atoms with E-state index in [4.69, 9.17) is 9.47 Å². The summed E-state index contributed by atoms with van der Waals surface area (Å²) in [5.74, 6) is 1.62. The molecule has 3 nitrogen and oxygen atoms in total. The van der Waals surface area contributed by atoms with Crippen LogP contribution >= 0.6 is 0 Å². The second-order valence-corrected chi connectivity index (χ2v) is 6.16. The van der Waals surface area contributed by atoms with Gasteiger partial charge in [-0.1, -0.05) is 18.2 Å². The molecule has 110 valence electrons. The standard InChI is InChI=1S/C17H25NO2/c1-18-16(13-19-15-6-3-2-4-7-15)14-8-11-20-17(12-14)9-5-10-17/h2-4,6-7,14,16,18H,5,8-13H2,1H3. The molecule has 1 spiro atoms. The van der Waals surface area contributed by atoms with Crippen molar-refractivity contribution in [1.82, 2.24) is 5.32 Å². The van der Waals surface area contributed by atoms with Crippen LogP contribution < -0.4 is 10.1 Å². The number of para-hydroxylation sites is 1. The minimum Gasteiger partial charge on any atom is -0.492 e. The van der Waals surface area contributed by atoms with E-state index in [9.17, 15) is 0 Å². The summed E-state index contributed by atoms with van der Waals surface area (Å²) in [5.41, 5.74) is 0.213. The maximum absolute atomic E-state index is 6.02. The van der Waals surface area contributed by atoms with E-state index in [0.29, 0.717) is 12.0 Å². The molecule has 0 aromatic heterocycles. The molecule has 1 aliphatic carbocycles. The average molecular weight is 275 g/mol. The summed E-state index contributed by atoms with van der Waals surface area (Å²) >= 11 is 0. The lowest BCUT2D eigenvalue weighted by Crippen LogP contribution is -2.51. The van der Waals surface area contributed by atoms with Gasteiger partial charge in [0.2, 0.25) is 0 Å². The number of nitrogens with one attached hydrogen (secondary N) is 1. The molecule has 0 bridgehead atoms. The molecule has 3 rings (SSSR count). The fourth-order valence-electron chi connectivity index (χ4n) is 3.49. The van der Waals surface area contributed by atoms with Crippen LogP contribution in [0.1, 0.15) is 32.1 Å². The van der Waals surface area contributed by atoms with Gasteiger partial charge in [-0.05, 0) is 57.2 Å². The number of rotatable bonds is 5. The van der Waals surface area contributed by atoms with Crippen molar-refractivity contribution in [3.8, 4) is 5.75 Å². The third-order valence-electron chi connectivity index (χ3n) is 4.91. The average Bonchev–Trinajstić information content (AvgIpc) is 2.48. The van der Waals surface area contributed by atoms with Gasteiger partial charge in [0, 0.05) is 12.6 Å². The van der Waals surface area contributed by atoms with Crippen LogP contribution in [0.4, 0.5) is 0 Å². The Morgan fingerprint density at radius 1 is 1.35 bits per heavy atom. The lowest BCUT2D eigenvalue weighted by atomic mass is 9.70. The molecule has 1 aromatic carbocycles. The second kappa shape index (κ2) is 6.15. The summed E-state index contributed by atoms with van der Waals surface area (Å²) in [6.45, 7) is 1.65. The van der Waals surface area contributed by atoms with Crippen molar-refractivity contribution in [2.75, 3.05) is 20.3 Å². The van der Waals surface area contributed by atoms with E-state index in [-0.39, 0.29) is 5.60 Å². The first-order valence-electron chi connectivity index (χ1n) is 7.80. The van der Waals surface area contributed by atoms with E-state index in [2.05, 4.69) is 5.32 Å². The minimum atomic E-state index is 0.213. The van der Waals surface area contributed by atoms with Gasteiger partial charge in [0.05, 0.1) is 5.60 Å². The van der Waals surface area contributed by atoms with Crippen molar-refractivity contribution in [1.29, 1.82) is 0 Å². The van der Waals surface area contributed by atoms with Crippen LogP contribution in [-0.4, -0.2) is 31.9 Å². The van der Waals surface area contributed by atoms with Gasteiger partial charge in [-0.3, -0.25) is 0 Å². The highest BCUT2D eigenvalue weighted by Gasteiger charge is 2.44. The number of ether oxygens (including phenoxy) is 2. The molecule has 1 N–H and O–H groups in total. The number of likely N-dealkylation sites (N-methyl/N-ethyl adjacent to an activating group) is 1. The van der Waals surface area contributed by atoms with Gasteiger partial charge < -0.3 is 14.8 Å². The van der Waals surface area contributed by atoms with E-state index in [1.807, 2.05) is 37.4 Å². The lowest BCUT2D eigenvalue weighted by Gasteiger charge is -2.48. The molecule has 0 amide bonds. The number of hydrogen-bond donors (Lipinski definition) is 1. The maximum atomic E-state index is 6.02. The van der Waals surface area contributed by atoms with Crippen molar-refractivity contribution in [2.24, 2.45) is 5.92 Å². The smallest absolute Gasteiger partial charge is 0.119 e. The summed E-state index contributed by atoms with van der Waals surface area (Å²) in [7, 11) is 2.04. The first-order chi connectivity index (χ1) is 9.81. The van der Waals surface area contributed by atoms with E-state index < -0.39 is 0 Å². The summed E-state index contributed by atoms with van der Waals surface area (Å²) in [6.07, 6.45) is 6.17. The zero-order valence-corrected chi connectivity index (χ0v) is 12.3. The summed E-state index contributed by atoms with van der Waals surface area (Å²) in [5, 5.41) is 3.45. The topological polar surface area (TPSA) is 30.5 Å². The highest BCUT2D eigenvalue weighted by molar-refractivity contribution is 5.21. The molecule has 0 radical (unpaired) electrons. The van der Waals surface area contributed by atoms with Crippen LogP contribution in [0.25, 0.3) is 0 Å². The lowest BCUT2D eigenvalue weighted by molar-refractivity contribution is -0.147. The summed E-state index contributed by atoms with van der Waals surface area (Å²) < 4.78 is 11.9. The molecule has 1 aliphatic heterocycles. The van der Waals surface area contributed by atoms with Crippen molar-refractivity contribution in [3.63, 3.8) is 0 Å². The van der Waals surface area contributed by atoms with Crippen molar-refractivity contribution < 1.29 is 9.47 Å². The van der Waals surface area contributed by atoms with E-state index >= 15 is 0 Å². The SMILES string of the molecule is CNC(COc1ccccc1)C1CCOC2(CCC2)C1. The van der Waals surface area contributed by atoms with Crippen LogP contribution in [0.3, 0.4) is 0 Å². The molecule has 2 atom stereocenters. The van der Waals surface area contributed by atoms with Gasteiger partial charge in [0.15, 0.2) is 0 Å². The molecule has 3 heteroatoms. The largest absolute Gasteiger partial charge is 0.492 e. The third kappa shape index (κ3) is 2.99. The molecular formula is C17H25NO2. The Hall–Kier alpha value is -1.06. The quantitative estimate of drug-likeness (QED) is 0.896. The van der Waals surface area contributed by atoms with Gasteiger partial charge in [0.1, 0.15) is 12.4 Å². The Labute approximate surface area is 121 Å². The van der Waals surface area contributed by atoms with Gasteiger partial charge >= 0.3 is 0 Å². The Kier molecular flexibility index (Phi) is 4.27. The Morgan fingerprint density at radius 2 is 2.15 bits per heavy atom. The molecule has 2 unspecified atom stereocenters. The predicted octanol–water partition coefficient (Wildman–Crippen LogP) is 3.00. The fraction of sp³-hybridized carbons (Fsp3) is 0.647. The van der Waals surface area contributed by atoms with E-state index in [1.165, 1.54) is 25.7 Å². The monoisotopic (exact) mass is 275 g/mol. The zero-order chi connectivity index (χ0) is 13.8. The fourth-order valence-corrected chi connectivity index (χ4v) is 3.49. The van der Waals surface area contributed by atoms with Gasteiger partial charge in [-0.25, -0.2) is 0 Å².